The number of carbonyl (C=O) groups excluding carboxylic acids is 2. The van der Waals surface area contributed by atoms with Crippen LogP contribution in [0.5, 0.6) is 0 Å². The normalized spacial score (nSPS) is 15.7. The summed E-state index contributed by atoms with van der Waals surface area (Å²) in [5.74, 6) is -0.269. The van der Waals surface area contributed by atoms with E-state index in [1.807, 2.05) is 29.0 Å². The third-order valence-electron chi connectivity index (χ3n) is 5.15. The number of rotatable bonds is 5. The second-order valence-electron chi connectivity index (χ2n) is 7.02. The van der Waals surface area contributed by atoms with Gasteiger partial charge in [0.2, 0.25) is 11.8 Å². The molecule has 0 atom stereocenters. The van der Waals surface area contributed by atoms with Gasteiger partial charge in [-0.25, -0.2) is 0 Å². The lowest BCUT2D eigenvalue weighted by Crippen LogP contribution is -2.41. The molecule has 148 valence electrons. The van der Waals surface area contributed by atoms with Crippen molar-refractivity contribution in [2.24, 2.45) is 4.99 Å². The summed E-state index contributed by atoms with van der Waals surface area (Å²) in [6.45, 7) is 0.592. The van der Waals surface area contributed by atoms with Gasteiger partial charge in [-0.3, -0.25) is 19.5 Å². The fraction of sp³-hybridized carbons (Fsp3) is 0.286. The SMILES string of the molecule is O=C(CN1C(=O)CN=C(c2cccs2)c2c1sc1c2CCC1)NCc1cccs1. The van der Waals surface area contributed by atoms with Crippen molar-refractivity contribution < 1.29 is 9.59 Å². The Kier molecular flexibility index (Phi) is 5.07. The van der Waals surface area contributed by atoms with E-state index < -0.39 is 0 Å². The number of hydrogen-bond donors (Lipinski definition) is 1. The average Bonchev–Trinajstić information content (AvgIpc) is 3.50. The third kappa shape index (κ3) is 3.56. The van der Waals surface area contributed by atoms with E-state index in [9.17, 15) is 9.59 Å². The highest BCUT2D eigenvalue weighted by molar-refractivity contribution is 7.17. The van der Waals surface area contributed by atoms with Gasteiger partial charge in [-0.15, -0.1) is 34.0 Å². The van der Waals surface area contributed by atoms with Crippen LogP contribution < -0.4 is 10.2 Å². The van der Waals surface area contributed by atoms with Gasteiger partial charge >= 0.3 is 0 Å². The Balaban J connectivity index is 1.46. The molecule has 0 saturated carbocycles. The molecule has 0 radical (unpaired) electrons. The molecular weight excluding hydrogens is 422 g/mol. The van der Waals surface area contributed by atoms with Crippen molar-refractivity contribution in [1.82, 2.24) is 5.32 Å². The molecule has 29 heavy (non-hydrogen) atoms. The van der Waals surface area contributed by atoms with Crippen LogP contribution in [0.1, 0.15) is 32.2 Å². The molecule has 0 aromatic carbocycles. The van der Waals surface area contributed by atoms with E-state index in [2.05, 4.69) is 11.4 Å². The van der Waals surface area contributed by atoms with Gasteiger partial charge in [0.25, 0.3) is 0 Å². The average molecular weight is 442 g/mol. The zero-order valence-electron chi connectivity index (χ0n) is 15.6. The minimum Gasteiger partial charge on any atom is -0.350 e. The molecule has 1 aliphatic heterocycles. The van der Waals surface area contributed by atoms with Gasteiger partial charge in [0.05, 0.1) is 17.1 Å². The Morgan fingerprint density at radius 3 is 2.83 bits per heavy atom. The molecule has 1 aliphatic carbocycles. The fourth-order valence-electron chi connectivity index (χ4n) is 3.82. The first-order valence-corrected chi connectivity index (χ1v) is 12.1. The molecule has 5 nitrogen and oxygen atoms in total. The Labute approximate surface area is 180 Å². The van der Waals surface area contributed by atoms with Crippen molar-refractivity contribution >= 4 is 56.5 Å². The lowest BCUT2D eigenvalue weighted by Gasteiger charge is -2.20. The molecule has 0 bridgehead atoms. The van der Waals surface area contributed by atoms with Crippen LogP contribution in [0.2, 0.25) is 0 Å². The van der Waals surface area contributed by atoms with Crippen LogP contribution in [0, 0.1) is 0 Å². The molecule has 4 heterocycles. The Morgan fingerprint density at radius 1 is 1.17 bits per heavy atom. The van der Waals surface area contributed by atoms with Gasteiger partial charge in [-0.05, 0) is 47.7 Å². The van der Waals surface area contributed by atoms with Gasteiger partial charge in [0.1, 0.15) is 18.1 Å². The first-order valence-electron chi connectivity index (χ1n) is 9.53. The molecule has 1 N–H and O–H groups in total. The number of fused-ring (bicyclic) bond motifs is 3. The highest BCUT2D eigenvalue weighted by Gasteiger charge is 2.34. The zero-order valence-corrected chi connectivity index (χ0v) is 18.1. The summed E-state index contributed by atoms with van der Waals surface area (Å²) in [6.07, 6.45) is 3.19. The van der Waals surface area contributed by atoms with E-state index in [-0.39, 0.29) is 24.9 Å². The lowest BCUT2D eigenvalue weighted by atomic mass is 10.0. The maximum atomic E-state index is 12.9. The highest BCUT2D eigenvalue weighted by Crippen LogP contribution is 2.43. The van der Waals surface area contributed by atoms with Crippen LogP contribution in [0.25, 0.3) is 0 Å². The number of carbonyl (C=O) groups is 2. The first-order chi connectivity index (χ1) is 14.2. The topological polar surface area (TPSA) is 61.8 Å². The summed E-state index contributed by atoms with van der Waals surface area (Å²) < 4.78 is 0. The summed E-state index contributed by atoms with van der Waals surface area (Å²) in [4.78, 5) is 35.4. The maximum Gasteiger partial charge on any atom is 0.249 e. The number of thiophene rings is 3. The number of aliphatic imine (C=N–C) groups is 1. The molecule has 3 aromatic rings. The van der Waals surface area contributed by atoms with E-state index in [0.717, 1.165) is 45.3 Å². The predicted octanol–water partition coefficient (Wildman–Crippen LogP) is 3.86. The molecule has 2 amide bonds. The van der Waals surface area contributed by atoms with Gasteiger partial charge < -0.3 is 5.32 Å². The molecule has 0 spiro atoms. The molecule has 8 heteroatoms. The van der Waals surface area contributed by atoms with Crippen LogP contribution in [-0.4, -0.2) is 30.6 Å². The molecule has 3 aromatic heterocycles. The standard InChI is InChI=1S/C21H19N3O2S3/c25-17(22-10-13-4-2-8-27-13)12-24-18(26)11-23-20(16-7-3-9-28-16)19-14-5-1-6-15(14)29-21(19)24/h2-4,7-9H,1,5-6,10-12H2,(H,22,25). The molecule has 0 saturated heterocycles. The van der Waals surface area contributed by atoms with E-state index in [0.29, 0.717) is 6.54 Å². The van der Waals surface area contributed by atoms with Crippen molar-refractivity contribution in [1.29, 1.82) is 0 Å². The largest absolute Gasteiger partial charge is 0.350 e. The number of anilines is 1. The number of nitrogens with zero attached hydrogens (tertiary/aromatic N) is 2. The minimum absolute atomic E-state index is 0.0316. The van der Waals surface area contributed by atoms with E-state index in [4.69, 9.17) is 4.99 Å². The highest BCUT2D eigenvalue weighted by atomic mass is 32.1. The van der Waals surface area contributed by atoms with Crippen molar-refractivity contribution in [2.45, 2.75) is 25.8 Å². The second kappa shape index (κ2) is 7.85. The molecule has 2 aliphatic rings. The lowest BCUT2D eigenvalue weighted by molar-refractivity contribution is -0.123. The Bertz CT molecular complexity index is 1080. The molecule has 5 rings (SSSR count). The van der Waals surface area contributed by atoms with Gasteiger partial charge in [0, 0.05) is 15.3 Å². The van der Waals surface area contributed by atoms with Crippen molar-refractivity contribution in [3.8, 4) is 0 Å². The molecule has 0 unspecified atom stereocenters. The van der Waals surface area contributed by atoms with Crippen LogP contribution in [0.3, 0.4) is 0 Å². The summed E-state index contributed by atoms with van der Waals surface area (Å²) in [6, 6.07) is 8.02. The Hall–Kier alpha value is -2.29. The van der Waals surface area contributed by atoms with Crippen LogP contribution in [-0.2, 0) is 29.0 Å². The quantitative estimate of drug-likeness (QED) is 0.654. The van der Waals surface area contributed by atoms with Gasteiger partial charge in [0.15, 0.2) is 0 Å². The summed E-state index contributed by atoms with van der Waals surface area (Å²) in [5.41, 5.74) is 3.29. The summed E-state index contributed by atoms with van der Waals surface area (Å²) in [7, 11) is 0. The summed E-state index contributed by atoms with van der Waals surface area (Å²) >= 11 is 4.91. The third-order valence-corrected chi connectivity index (χ3v) is 8.22. The number of nitrogens with one attached hydrogen (secondary N) is 1. The zero-order chi connectivity index (χ0) is 19.8. The fourth-order valence-corrected chi connectivity index (χ4v) is 6.61. The van der Waals surface area contributed by atoms with Gasteiger partial charge in [-0.2, -0.15) is 0 Å². The number of hydrogen-bond acceptors (Lipinski definition) is 6. The maximum absolute atomic E-state index is 12.9. The van der Waals surface area contributed by atoms with Crippen molar-refractivity contribution in [3.63, 3.8) is 0 Å². The van der Waals surface area contributed by atoms with Crippen LogP contribution >= 0.6 is 34.0 Å². The predicted molar refractivity (Wildman–Crippen MR) is 120 cm³/mol. The van der Waals surface area contributed by atoms with Crippen molar-refractivity contribution in [2.75, 3.05) is 18.0 Å². The van der Waals surface area contributed by atoms with Crippen LogP contribution in [0.15, 0.2) is 40.0 Å². The van der Waals surface area contributed by atoms with Crippen LogP contribution in [0.4, 0.5) is 5.00 Å². The summed E-state index contributed by atoms with van der Waals surface area (Å²) in [5, 5.41) is 7.85. The monoisotopic (exact) mass is 441 g/mol. The minimum atomic E-state index is -0.147. The van der Waals surface area contributed by atoms with Crippen molar-refractivity contribution in [3.05, 3.63) is 60.8 Å². The van der Waals surface area contributed by atoms with Gasteiger partial charge in [-0.1, -0.05) is 12.1 Å². The smallest absolute Gasteiger partial charge is 0.249 e. The Morgan fingerprint density at radius 2 is 2.03 bits per heavy atom. The van der Waals surface area contributed by atoms with E-state index in [1.165, 1.54) is 10.4 Å². The molecule has 0 fully saturated rings. The first kappa shape index (κ1) is 18.7. The second-order valence-corrected chi connectivity index (χ2v) is 10.1. The van der Waals surface area contributed by atoms with E-state index in [1.54, 1.807) is 38.9 Å². The number of amides is 2. The molecular formula is C21H19N3O2S3. The number of aryl methyl sites for hydroxylation is 1. The van der Waals surface area contributed by atoms with E-state index >= 15 is 0 Å².